The number of rotatable bonds is 6. The van der Waals surface area contributed by atoms with Gasteiger partial charge in [0, 0.05) is 31.6 Å². The third kappa shape index (κ3) is 4.08. The number of methoxy groups -OCH3 is 1. The summed E-state index contributed by atoms with van der Waals surface area (Å²) in [6.45, 7) is 1.72. The molecule has 6 heteroatoms. The predicted octanol–water partition coefficient (Wildman–Crippen LogP) is 2.31. The van der Waals surface area contributed by atoms with Crippen LogP contribution in [0.1, 0.15) is 29.0 Å². The minimum absolute atomic E-state index is 0.0725. The molecule has 0 N–H and O–H groups in total. The van der Waals surface area contributed by atoms with Gasteiger partial charge in [0.2, 0.25) is 0 Å². The highest BCUT2D eigenvalue weighted by Gasteiger charge is 2.24. The van der Waals surface area contributed by atoms with Crippen molar-refractivity contribution in [1.29, 1.82) is 0 Å². The van der Waals surface area contributed by atoms with Gasteiger partial charge in [-0.25, -0.2) is 0 Å². The molecule has 6 nitrogen and oxygen atoms in total. The first-order valence-corrected chi connectivity index (χ1v) is 8.07. The average Bonchev–Trinajstić information content (AvgIpc) is 3.14. The molecule has 0 unspecified atom stereocenters. The monoisotopic (exact) mass is 327 g/mol. The molecule has 0 aromatic carbocycles. The van der Waals surface area contributed by atoms with Crippen molar-refractivity contribution in [3.63, 3.8) is 0 Å². The Morgan fingerprint density at radius 3 is 2.96 bits per heavy atom. The number of pyridine rings is 2. The number of ether oxygens (including phenoxy) is 2. The van der Waals surface area contributed by atoms with Crippen LogP contribution in [-0.4, -0.2) is 47.1 Å². The number of amides is 1. The van der Waals surface area contributed by atoms with Gasteiger partial charge in [-0.15, -0.1) is 0 Å². The van der Waals surface area contributed by atoms with Crippen LogP contribution in [0, 0.1) is 0 Å². The molecule has 1 fully saturated rings. The molecule has 2 aromatic rings. The standard InChI is InChI=1S/C18H21N3O3/c1-23-15-7-9-20-17(11-15)18(22)21(13-16-6-4-10-24-16)12-14-5-2-3-8-19-14/h2-3,5,7-9,11,16H,4,6,10,12-13H2,1H3/t16-/m1/s1. The molecule has 1 aliphatic heterocycles. The molecule has 1 saturated heterocycles. The fourth-order valence-electron chi connectivity index (χ4n) is 2.76. The Hall–Kier alpha value is -2.47. The molecule has 0 aliphatic carbocycles. The van der Waals surface area contributed by atoms with Crippen molar-refractivity contribution < 1.29 is 14.3 Å². The number of hydrogen-bond donors (Lipinski definition) is 0. The molecule has 126 valence electrons. The molecule has 3 heterocycles. The molecule has 3 rings (SSSR count). The first-order valence-electron chi connectivity index (χ1n) is 8.07. The number of hydrogen-bond acceptors (Lipinski definition) is 5. The first kappa shape index (κ1) is 16.4. The summed E-state index contributed by atoms with van der Waals surface area (Å²) in [5.41, 5.74) is 1.20. The van der Waals surface area contributed by atoms with Crippen LogP contribution >= 0.6 is 0 Å². The fourth-order valence-corrected chi connectivity index (χ4v) is 2.76. The normalized spacial score (nSPS) is 16.8. The van der Waals surface area contributed by atoms with Crippen LogP contribution in [0.3, 0.4) is 0 Å². The van der Waals surface area contributed by atoms with Crippen molar-refractivity contribution in [2.75, 3.05) is 20.3 Å². The molecule has 0 saturated carbocycles. The molecule has 0 radical (unpaired) electrons. The highest BCUT2D eigenvalue weighted by molar-refractivity contribution is 5.92. The van der Waals surface area contributed by atoms with Crippen molar-refractivity contribution in [2.24, 2.45) is 0 Å². The summed E-state index contributed by atoms with van der Waals surface area (Å²) in [7, 11) is 1.57. The second-order valence-corrected chi connectivity index (χ2v) is 5.72. The van der Waals surface area contributed by atoms with Crippen LogP contribution in [0.2, 0.25) is 0 Å². The molecule has 0 bridgehead atoms. The fraction of sp³-hybridized carbons (Fsp3) is 0.389. The summed E-state index contributed by atoms with van der Waals surface area (Å²) >= 11 is 0. The van der Waals surface area contributed by atoms with Gasteiger partial charge in [0.25, 0.3) is 5.91 Å². The van der Waals surface area contributed by atoms with Gasteiger partial charge in [0.15, 0.2) is 0 Å². The van der Waals surface area contributed by atoms with Gasteiger partial charge in [-0.05, 0) is 31.0 Å². The summed E-state index contributed by atoms with van der Waals surface area (Å²) in [5, 5.41) is 0. The van der Waals surface area contributed by atoms with Crippen molar-refractivity contribution in [2.45, 2.75) is 25.5 Å². The zero-order valence-corrected chi connectivity index (χ0v) is 13.7. The Kier molecular flexibility index (Phi) is 5.38. The summed E-state index contributed by atoms with van der Waals surface area (Å²) in [5.74, 6) is 0.471. The SMILES string of the molecule is COc1ccnc(C(=O)N(Cc2ccccn2)C[C@H]2CCCO2)c1. The number of carbonyl (C=O) groups is 1. The van der Waals surface area contributed by atoms with E-state index >= 15 is 0 Å². The summed E-state index contributed by atoms with van der Waals surface area (Å²) < 4.78 is 10.9. The lowest BCUT2D eigenvalue weighted by Crippen LogP contribution is -2.37. The Morgan fingerprint density at radius 1 is 1.33 bits per heavy atom. The van der Waals surface area contributed by atoms with E-state index in [9.17, 15) is 4.79 Å². The Labute approximate surface area is 141 Å². The lowest BCUT2D eigenvalue weighted by atomic mass is 10.2. The topological polar surface area (TPSA) is 64.5 Å². The number of carbonyl (C=O) groups excluding carboxylic acids is 1. The van der Waals surface area contributed by atoms with Crippen molar-refractivity contribution >= 4 is 5.91 Å². The van der Waals surface area contributed by atoms with E-state index < -0.39 is 0 Å². The maximum Gasteiger partial charge on any atom is 0.273 e. The first-order chi connectivity index (χ1) is 11.8. The van der Waals surface area contributed by atoms with Gasteiger partial charge in [-0.1, -0.05) is 6.07 Å². The van der Waals surface area contributed by atoms with E-state index in [-0.39, 0.29) is 12.0 Å². The van der Waals surface area contributed by atoms with Gasteiger partial charge in [0.05, 0.1) is 25.5 Å². The minimum atomic E-state index is -0.143. The van der Waals surface area contributed by atoms with E-state index in [1.165, 1.54) is 0 Å². The second kappa shape index (κ2) is 7.88. The Balaban J connectivity index is 1.80. The smallest absolute Gasteiger partial charge is 0.273 e. The van der Waals surface area contributed by atoms with E-state index in [2.05, 4.69) is 9.97 Å². The van der Waals surface area contributed by atoms with Crippen LogP contribution in [0.25, 0.3) is 0 Å². The van der Waals surface area contributed by atoms with E-state index in [1.807, 2.05) is 18.2 Å². The molecule has 1 aliphatic rings. The maximum absolute atomic E-state index is 12.9. The van der Waals surface area contributed by atoms with E-state index in [0.717, 1.165) is 25.1 Å². The molecule has 0 spiro atoms. The van der Waals surface area contributed by atoms with E-state index in [4.69, 9.17) is 9.47 Å². The van der Waals surface area contributed by atoms with Crippen LogP contribution in [0.4, 0.5) is 0 Å². The third-order valence-corrected chi connectivity index (χ3v) is 4.00. The van der Waals surface area contributed by atoms with E-state index in [0.29, 0.717) is 24.5 Å². The summed E-state index contributed by atoms with van der Waals surface area (Å²) in [6.07, 6.45) is 5.39. The Bertz CT molecular complexity index is 672. The van der Waals surface area contributed by atoms with E-state index in [1.54, 1.807) is 36.5 Å². The van der Waals surface area contributed by atoms with Crippen LogP contribution in [-0.2, 0) is 11.3 Å². The zero-order chi connectivity index (χ0) is 16.8. The quantitative estimate of drug-likeness (QED) is 0.814. The van der Waals surface area contributed by atoms with Gasteiger partial charge < -0.3 is 14.4 Å². The van der Waals surface area contributed by atoms with Crippen LogP contribution in [0.15, 0.2) is 42.7 Å². The molecular weight excluding hydrogens is 306 g/mol. The highest BCUT2D eigenvalue weighted by atomic mass is 16.5. The van der Waals surface area contributed by atoms with Gasteiger partial charge in [-0.3, -0.25) is 14.8 Å². The molecular formula is C18H21N3O3. The highest BCUT2D eigenvalue weighted by Crippen LogP contribution is 2.18. The minimum Gasteiger partial charge on any atom is -0.497 e. The molecule has 1 atom stereocenters. The lowest BCUT2D eigenvalue weighted by Gasteiger charge is -2.25. The average molecular weight is 327 g/mol. The van der Waals surface area contributed by atoms with Crippen LogP contribution < -0.4 is 4.74 Å². The Morgan fingerprint density at radius 2 is 2.25 bits per heavy atom. The molecule has 1 amide bonds. The van der Waals surface area contributed by atoms with Crippen molar-refractivity contribution in [3.05, 3.63) is 54.1 Å². The lowest BCUT2D eigenvalue weighted by molar-refractivity contribution is 0.0500. The largest absolute Gasteiger partial charge is 0.497 e. The third-order valence-electron chi connectivity index (χ3n) is 4.00. The summed E-state index contributed by atoms with van der Waals surface area (Å²) in [6, 6.07) is 9.07. The van der Waals surface area contributed by atoms with Crippen LogP contribution in [0.5, 0.6) is 5.75 Å². The molecule has 2 aromatic heterocycles. The second-order valence-electron chi connectivity index (χ2n) is 5.72. The predicted molar refractivity (Wildman–Crippen MR) is 88.7 cm³/mol. The van der Waals surface area contributed by atoms with Gasteiger partial charge in [0.1, 0.15) is 11.4 Å². The number of nitrogens with zero attached hydrogens (tertiary/aromatic N) is 3. The zero-order valence-electron chi connectivity index (χ0n) is 13.7. The number of aromatic nitrogens is 2. The van der Waals surface area contributed by atoms with Crippen molar-refractivity contribution in [3.8, 4) is 5.75 Å². The maximum atomic E-state index is 12.9. The summed E-state index contributed by atoms with van der Waals surface area (Å²) in [4.78, 5) is 23.2. The van der Waals surface area contributed by atoms with Gasteiger partial charge in [-0.2, -0.15) is 0 Å². The molecule has 24 heavy (non-hydrogen) atoms. The van der Waals surface area contributed by atoms with Crippen molar-refractivity contribution in [1.82, 2.24) is 14.9 Å². The van der Waals surface area contributed by atoms with Gasteiger partial charge >= 0.3 is 0 Å².